The molecule has 10 heteroatoms. The normalized spacial score (nSPS) is 10.9. The number of hydrogen-bond donors (Lipinski definition) is 0. The van der Waals surface area contributed by atoms with Crippen molar-refractivity contribution >= 4 is 34.9 Å². The second kappa shape index (κ2) is 9.44. The van der Waals surface area contributed by atoms with Crippen molar-refractivity contribution in [3.63, 3.8) is 0 Å². The number of nitro benzene ring substituents is 2. The Morgan fingerprint density at radius 1 is 0.969 bits per heavy atom. The van der Waals surface area contributed by atoms with Crippen LogP contribution >= 0.6 is 11.6 Å². The predicted octanol–water partition coefficient (Wildman–Crippen LogP) is 6.32. The summed E-state index contributed by atoms with van der Waals surface area (Å²) in [6.45, 7) is 3.96. The molecule has 0 spiro atoms. The summed E-state index contributed by atoms with van der Waals surface area (Å²) in [6, 6.07) is 12.1. The van der Waals surface area contributed by atoms with E-state index in [1.165, 1.54) is 7.11 Å². The maximum Gasteiger partial charge on any atom is 0.318 e. The lowest BCUT2D eigenvalue weighted by Crippen LogP contribution is -1.98. The van der Waals surface area contributed by atoms with E-state index in [4.69, 9.17) is 21.1 Å². The summed E-state index contributed by atoms with van der Waals surface area (Å²) in [5.74, 6) is 0.0412. The van der Waals surface area contributed by atoms with Gasteiger partial charge in [0.1, 0.15) is 0 Å². The molecule has 9 nitrogen and oxygen atoms in total. The van der Waals surface area contributed by atoms with E-state index in [2.05, 4.69) is 4.99 Å². The van der Waals surface area contributed by atoms with Crippen molar-refractivity contribution in [1.29, 1.82) is 0 Å². The third-order valence-electron chi connectivity index (χ3n) is 4.52. The van der Waals surface area contributed by atoms with Crippen LogP contribution in [-0.4, -0.2) is 23.2 Å². The lowest BCUT2D eigenvalue weighted by Gasteiger charge is -2.13. The van der Waals surface area contributed by atoms with E-state index in [0.717, 1.165) is 35.0 Å². The monoisotopic (exact) mass is 455 g/mol. The maximum atomic E-state index is 11.4. The highest BCUT2D eigenvalue weighted by Crippen LogP contribution is 2.42. The number of halogens is 1. The van der Waals surface area contributed by atoms with Crippen LogP contribution in [0.4, 0.5) is 17.1 Å². The summed E-state index contributed by atoms with van der Waals surface area (Å²) in [5, 5.41) is 22.4. The van der Waals surface area contributed by atoms with Gasteiger partial charge in [-0.1, -0.05) is 29.3 Å². The molecular formula is C22H18ClN3O6. The lowest BCUT2D eigenvalue weighted by atomic mass is 10.1. The van der Waals surface area contributed by atoms with Gasteiger partial charge in [0.15, 0.2) is 11.5 Å². The highest BCUT2D eigenvalue weighted by atomic mass is 35.5. The van der Waals surface area contributed by atoms with Crippen LogP contribution in [0.25, 0.3) is 0 Å². The Balaban J connectivity index is 1.96. The van der Waals surface area contributed by atoms with E-state index in [1.54, 1.807) is 18.3 Å². The van der Waals surface area contributed by atoms with Gasteiger partial charge in [0, 0.05) is 12.3 Å². The highest BCUT2D eigenvalue weighted by Gasteiger charge is 2.23. The first-order valence-corrected chi connectivity index (χ1v) is 9.67. The van der Waals surface area contributed by atoms with Crippen LogP contribution in [0.15, 0.2) is 53.5 Å². The molecule has 0 atom stereocenters. The number of methoxy groups -OCH3 is 1. The molecule has 0 bridgehead atoms. The number of aliphatic imine (C=N–C) groups is 1. The lowest BCUT2D eigenvalue weighted by molar-refractivity contribution is -0.394. The summed E-state index contributed by atoms with van der Waals surface area (Å²) in [5.41, 5.74) is 2.57. The molecule has 0 aromatic heterocycles. The zero-order valence-electron chi connectivity index (χ0n) is 17.4. The number of nitrogens with zero attached hydrogens (tertiary/aromatic N) is 3. The quantitative estimate of drug-likeness (QED) is 0.233. The smallest absolute Gasteiger partial charge is 0.318 e. The van der Waals surface area contributed by atoms with Crippen molar-refractivity contribution in [3.8, 4) is 17.2 Å². The van der Waals surface area contributed by atoms with Crippen molar-refractivity contribution < 1.29 is 19.3 Å². The Morgan fingerprint density at radius 2 is 1.72 bits per heavy atom. The molecule has 0 amide bonds. The molecule has 0 unspecified atom stereocenters. The van der Waals surface area contributed by atoms with Gasteiger partial charge in [-0.3, -0.25) is 25.2 Å². The van der Waals surface area contributed by atoms with Gasteiger partial charge in [0.05, 0.1) is 33.7 Å². The minimum atomic E-state index is -0.770. The van der Waals surface area contributed by atoms with Gasteiger partial charge in [-0.2, -0.15) is 0 Å². The number of aryl methyl sites for hydroxylation is 2. The minimum Gasteiger partial charge on any atom is -0.493 e. The van der Waals surface area contributed by atoms with Gasteiger partial charge >= 0.3 is 5.69 Å². The first-order chi connectivity index (χ1) is 15.2. The molecule has 0 N–H and O–H groups in total. The van der Waals surface area contributed by atoms with Gasteiger partial charge in [0.25, 0.3) is 5.69 Å². The van der Waals surface area contributed by atoms with Crippen molar-refractivity contribution in [3.05, 3.63) is 90.5 Å². The third-order valence-corrected chi connectivity index (χ3v) is 4.80. The van der Waals surface area contributed by atoms with Crippen molar-refractivity contribution in [2.75, 3.05) is 7.11 Å². The van der Waals surface area contributed by atoms with Gasteiger partial charge in [-0.15, -0.1) is 0 Å². The van der Waals surface area contributed by atoms with Crippen LogP contribution in [0.5, 0.6) is 17.2 Å². The van der Waals surface area contributed by atoms with Gasteiger partial charge in [-0.25, -0.2) is 0 Å². The van der Waals surface area contributed by atoms with E-state index in [0.29, 0.717) is 5.56 Å². The first-order valence-electron chi connectivity index (χ1n) is 9.29. The molecule has 3 aromatic rings. The zero-order chi connectivity index (χ0) is 23.4. The Kier molecular flexibility index (Phi) is 6.70. The fraction of sp³-hybridized carbons (Fsp3) is 0.136. The molecule has 32 heavy (non-hydrogen) atoms. The number of hydrogen-bond acceptors (Lipinski definition) is 7. The van der Waals surface area contributed by atoms with Crippen LogP contribution < -0.4 is 9.47 Å². The Bertz CT molecular complexity index is 1240. The molecule has 0 fully saturated rings. The SMILES string of the molecule is COc1cc(C=Nc2ccc(C)cc2C)cc(Cl)c1Oc1ccc([N+](=O)[O-])cc1[N+](=O)[O-]. The van der Waals surface area contributed by atoms with Crippen LogP contribution in [0, 0.1) is 34.1 Å². The molecule has 0 saturated heterocycles. The second-order valence-electron chi connectivity index (χ2n) is 6.85. The predicted molar refractivity (Wildman–Crippen MR) is 121 cm³/mol. The van der Waals surface area contributed by atoms with Crippen molar-refractivity contribution in [2.24, 2.45) is 4.99 Å². The number of nitro groups is 2. The van der Waals surface area contributed by atoms with Crippen molar-refractivity contribution in [1.82, 2.24) is 0 Å². The zero-order valence-corrected chi connectivity index (χ0v) is 18.1. The summed E-state index contributed by atoms with van der Waals surface area (Å²) in [7, 11) is 1.40. The number of benzene rings is 3. The van der Waals surface area contributed by atoms with E-state index in [1.807, 2.05) is 32.0 Å². The average Bonchev–Trinajstić information content (AvgIpc) is 2.74. The third kappa shape index (κ3) is 5.01. The molecular weight excluding hydrogens is 438 g/mol. The minimum absolute atomic E-state index is 0.0368. The van der Waals surface area contributed by atoms with Gasteiger partial charge in [0.2, 0.25) is 5.75 Å². The van der Waals surface area contributed by atoms with Gasteiger partial charge in [-0.05, 0) is 49.2 Å². The Hall–Kier alpha value is -3.98. The molecule has 0 aliphatic heterocycles. The van der Waals surface area contributed by atoms with Crippen molar-refractivity contribution in [2.45, 2.75) is 13.8 Å². The van der Waals surface area contributed by atoms with Crippen LogP contribution in [-0.2, 0) is 0 Å². The average molecular weight is 456 g/mol. The van der Waals surface area contributed by atoms with Crippen LogP contribution in [0.2, 0.25) is 5.02 Å². The standard InChI is InChI=1S/C22H18ClN3O6/c1-13-4-6-18(14(2)8-13)24-12-15-9-17(23)22(21(10-15)31-3)32-20-7-5-16(25(27)28)11-19(20)26(29)30/h4-12H,1-3H3. The molecule has 0 saturated carbocycles. The first kappa shape index (κ1) is 22.7. The number of rotatable bonds is 7. The van der Waals surface area contributed by atoms with Gasteiger partial charge < -0.3 is 9.47 Å². The number of ether oxygens (including phenoxy) is 2. The Labute approximate surface area is 188 Å². The summed E-state index contributed by atoms with van der Waals surface area (Å²) >= 11 is 6.37. The van der Waals surface area contributed by atoms with E-state index in [9.17, 15) is 20.2 Å². The molecule has 0 heterocycles. The fourth-order valence-electron chi connectivity index (χ4n) is 2.97. The van der Waals surface area contributed by atoms with Crippen LogP contribution in [0.1, 0.15) is 16.7 Å². The maximum absolute atomic E-state index is 11.4. The Morgan fingerprint density at radius 3 is 2.34 bits per heavy atom. The molecule has 0 radical (unpaired) electrons. The van der Waals surface area contributed by atoms with E-state index >= 15 is 0 Å². The summed E-state index contributed by atoms with van der Waals surface area (Å²) < 4.78 is 11.0. The highest BCUT2D eigenvalue weighted by molar-refractivity contribution is 6.32. The second-order valence-corrected chi connectivity index (χ2v) is 7.26. The van der Waals surface area contributed by atoms with Crippen LogP contribution in [0.3, 0.4) is 0 Å². The van der Waals surface area contributed by atoms with E-state index < -0.39 is 21.2 Å². The molecule has 3 aromatic carbocycles. The molecule has 0 aliphatic carbocycles. The van der Waals surface area contributed by atoms with E-state index in [-0.39, 0.29) is 22.3 Å². The topological polar surface area (TPSA) is 117 Å². The fourth-order valence-corrected chi connectivity index (χ4v) is 3.22. The largest absolute Gasteiger partial charge is 0.493 e. The molecule has 0 aliphatic rings. The molecule has 3 rings (SSSR count). The molecule has 164 valence electrons. The summed E-state index contributed by atoms with van der Waals surface area (Å²) in [4.78, 5) is 25.3. The number of non-ortho nitro benzene ring substituents is 1. The summed E-state index contributed by atoms with van der Waals surface area (Å²) in [6.07, 6.45) is 1.62.